The normalized spacial score (nSPS) is 10.6. The molecular formula is C16H14N4O2. The molecule has 22 heavy (non-hydrogen) atoms. The van der Waals surface area contributed by atoms with Gasteiger partial charge in [-0.1, -0.05) is 24.3 Å². The molecule has 0 heterocycles. The highest BCUT2D eigenvalue weighted by Gasteiger charge is 2.17. The van der Waals surface area contributed by atoms with Crippen molar-refractivity contribution in [3.63, 3.8) is 0 Å². The van der Waals surface area contributed by atoms with Gasteiger partial charge < -0.3 is 0 Å². The zero-order valence-corrected chi connectivity index (χ0v) is 11.6. The average Bonchev–Trinajstić information content (AvgIpc) is 2.57. The SMILES string of the molecule is NNC(=O)c1cc2cc3ccccc3cc2cc1C(=O)NN. The van der Waals surface area contributed by atoms with Crippen LogP contribution in [0, 0.1) is 0 Å². The molecule has 110 valence electrons. The second-order valence-electron chi connectivity index (χ2n) is 4.89. The van der Waals surface area contributed by atoms with Crippen LogP contribution in [0.25, 0.3) is 21.5 Å². The zero-order chi connectivity index (χ0) is 15.7. The van der Waals surface area contributed by atoms with Crippen LogP contribution < -0.4 is 22.5 Å². The number of amides is 2. The maximum absolute atomic E-state index is 11.9. The second kappa shape index (κ2) is 5.44. The first kappa shape index (κ1) is 14.0. The first-order chi connectivity index (χ1) is 10.6. The monoisotopic (exact) mass is 294 g/mol. The fourth-order valence-electron chi connectivity index (χ4n) is 2.52. The molecule has 2 amide bonds. The summed E-state index contributed by atoms with van der Waals surface area (Å²) in [6, 6.07) is 15.0. The van der Waals surface area contributed by atoms with Crippen molar-refractivity contribution in [2.45, 2.75) is 0 Å². The van der Waals surface area contributed by atoms with Gasteiger partial charge in [-0.25, -0.2) is 11.7 Å². The summed E-state index contributed by atoms with van der Waals surface area (Å²) in [4.78, 5) is 23.8. The van der Waals surface area contributed by atoms with Crippen LogP contribution in [0.4, 0.5) is 0 Å². The number of hydrazine groups is 2. The maximum atomic E-state index is 11.9. The molecule has 6 heteroatoms. The average molecular weight is 294 g/mol. The summed E-state index contributed by atoms with van der Waals surface area (Å²) in [6.45, 7) is 0. The van der Waals surface area contributed by atoms with Crippen LogP contribution in [0.15, 0.2) is 48.5 Å². The first-order valence-electron chi connectivity index (χ1n) is 6.62. The summed E-state index contributed by atoms with van der Waals surface area (Å²) >= 11 is 0. The van der Waals surface area contributed by atoms with E-state index in [1.165, 1.54) is 0 Å². The van der Waals surface area contributed by atoms with Gasteiger partial charge in [0.05, 0.1) is 11.1 Å². The van der Waals surface area contributed by atoms with Gasteiger partial charge in [0, 0.05) is 0 Å². The standard InChI is InChI=1S/C16H14N4O2/c17-19-15(21)13-7-11-5-9-3-1-2-4-10(9)6-12(11)8-14(13)16(22)20-18/h1-8H,17-18H2,(H,19,21)(H,20,22). The Morgan fingerprint density at radius 3 is 1.45 bits per heavy atom. The number of hydrogen-bond donors (Lipinski definition) is 4. The molecule has 0 fully saturated rings. The van der Waals surface area contributed by atoms with Crippen molar-refractivity contribution in [3.8, 4) is 0 Å². The van der Waals surface area contributed by atoms with Gasteiger partial charge in [0.1, 0.15) is 0 Å². The van der Waals surface area contributed by atoms with Gasteiger partial charge in [0.25, 0.3) is 11.8 Å². The molecule has 3 aromatic rings. The van der Waals surface area contributed by atoms with E-state index in [9.17, 15) is 9.59 Å². The molecule has 0 saturated carbocycles. The van der Waals surface area contributed by atoms with Crippen LogP contribution in [0.5, 0.6) is 0 Å². The highest BCUT2D eigenvalue weighted by molar-refractivity contribution is 6.11. The smallest absolute Gasteiger partial charge is 0.266 e. The number of rotatable bonds is 2. The van der Waals surface area contributed by atoms with E-state index in [-0.39, 0.29) is 11.1 Å². The van der Waals surface area contributed by atoms with Crippen molar-refractivity contribution in [2.24, 2.45) is 11.7 Å². The van der Waals surface area contributed by atoms with Crippen molar-refractivity contribution < 1.29 is 9.59 Å². The highest BCUT2D eigenvalue weighted by Crippen LogP contribution is 2.26. The minimum absolute atomic E-state index is 0.174. The van der Waals surface area contributed by atoms with Gasteiger partial charge in [-0.3, -0.25) is 20.4 Å². The van der Waals surface area contributed by atoms with Crippen LogP contribution in [0.3, 0.4) is 0 Å². The van der Waals surface area contributed by atoms with Gasteiger partial charge in [-0.2, -0.15) is 0 Å². The molecule has 0 saturated heterocycles. The predicted octanol–water partition coefficient (Wildman–Crippen LogP) is 1.20. The van der Waals surface area contributed by atoms with Crippen molar-refractivity contribution in [1.82, 2.24) is 10.9 Å². The van der Waals surface area contributed by atoms with Crippen LogP contribution in [0.2, 0.25) is 0 Å². The molecule has 0 bridgehead atoms. The van der Waals surface area contributed by atoms with Crippen LogP contribution in [-0.2, 0) is 0 Å². The number of nitrogen functional groups attached to an aromatic ring is 2. The number of benzene rings is 3. The first-order valence-corrected chi connectivity index (χ1v) is 6.62. The second-order valence-corrected chi connectivity index (χ2v) is 4.89. The molecule has 3 aromatic carbocycles. The van der Waals surface area contributed by atoms with Gasteiger partial charge >= 0.3 is 0 Å². The number of nitrogens with two attached hydrogens (primary N) is 2. The topological polar surface area (TPSA) is 110 Å². The predicted molar refractivity (Wildman–Crippen MR) is 84.8 cm³/mol. The van der Waals surface area contributed by atoms with Gasteiger partial charge in [-0.15, -0.1) is 0 Å². The van der Waals surface area contributed by atoms with Crippen LogP contribution in [-0.4, -0.2) is 11.8 Å². The Balaban J connectivity index is 2.34. The Bertz CT molecular complexity index is 831. The summed E-state index contributed by atoms with van der Waals surface area (Å²) in [7, 11) is 0. The lowest BCUT2D eigenvalue weighted by Crippen LogP contribution is -2.35. The third-order valence-electron chi connectivity index (χ3n) is 3.59. The Morgan fingerprint density at radius 2 is 1.09 bits per heavy atom. The largest absolute Gasteiger partial charge is 0.290 e. The van der Waals surface area contributed by atoms with E-state index >= 15 is 0 Å². The summed E-state index contributed by atoms with van der Waals surface area (Å²) in [5.74, 6) is 9.28. The summed E-state index contributed by atoms with van der Waals surface area (Å²) in [6.07, 6.45) is 0. The molecule has 0 aliphatic heterocycles. The van der Waals surface area contributed by atoms with Gasteiger partial charge in [0.15, 0.2) is 0 Å². The van der Waals surface area contributed by atoms with E-state index in [2.05, 4.69) is 0 Å². The Morgan fingerprint density at radius 1 is 0.682 bits per heavy atom. The third kappa shape index (κ3) is 2.26. The molecule has 0 aliphatic carbocycles. The molecule has 3 rings (SSSR count). The Kier molecular flexibility index (Phi) is 3.46. The van der Waals surface area contributed by atoms with Crippen molar-refractivity contribution in [3.05, 3.63) is 59.7 Å². The molecule has 0 spiro atoms. The molecule has 0 unspecified atom stereocenters. The lowest BCUT2D eigenvalue weighted by atomic mass is 9.97. The molecule has 6 nitrogen and oxygen atoms in total. The molecule has 6 N–H and O–H groups in total. The van der Waals surface area contributed by atoms with Crippen molar-refractivity contribution >= 4 is 33.4 Å². The summed E-state index contributed by atoms with van der Waals surface area (Å²) in [5.41, 5.74) is 4.43. The minimum atomic E-state index is -0.548. The number of nitrogens with one attached hydrogen (secondary N) is 2. The minimum Gasteiger partial charge on any atom is -0.290 e. The number of carbonyl (C=O) groups is 2. The third-order valence-corrected chi connectivity index (χ3v) is 3.59. The van der Waals surface area contributed by atoms with E-state index in [1.54, 1.807) is 12.1 Å². The van der Waals surface area contributed by atoms with Crippen LogP contribution in [0.1, 0.15) is 20.7 Å². The zero-order valence-electron chi connectivity index (χ0n) is 11.6. The van der Waals surface area contributed by atoms with Crippen LogP contribution >= 0.6 is 0 Å². The Hall–Kier alpha value is -2.96. The summed E-state index contributed by atoms with van der Waals surface area (Å²) < 4.78 is 0. The molecule has 0 radical (unpaired) electrons. The molecule has 0 atom stereocenters. The van der Waals surface area contributed by atoms with Crippen molar-refractivity contribution in [2.75, 3.05) is 0 Å². The van der Waals surface area contributed by atoms with E-state index in [0.29, 0.717) is 0 Å². The van der Waals surface area contributed by atoms with E-state index in [4.69, 9.17) is 11.7 Å². The van der Waals surface area contributed by atoms with Gasteiger partial charge in [0.2, 0.25) is 0 Å². The lowest BCUT2D eigenvalue weighted by Gasteiger charge is -2.10. The lowest BCUT2D eigenvalue weighted by molar-refractivity contribution is 0.0920. The van der Waals surface area contributed by atoms with E-state index in [1.807, 2.05) is 47.2 Å². The fraction of sp³-hybridized carbons (Fsp3) is 0. The number of carbonyl (C=O) groups excluding carboxylic acids is 2. The van der Waals surface area contributed by atoms with Gasteiger partial charge in [-0.05, 0) is 45.8 Å². The number of fused-ring (bicyclic) bond motifs is 2. The number of hydrogen-bond acceptors (Lipinski definition) is 4. The molecule has 0 aliphatic rings. The highest BCUT2D eigenvalue weighted by atomic mass is 16.2. The Labute approximate surface area is 126 Å². The molecule has 0 aromatic heterocycles. The van der Waals surface area contributed by atoms with E-state index < -0.39 is 11.8 Å². The maximum Gasteiger partial charge on any atom is 0.266 e. The van der Waals surface area contributed by atoms with Crippen molar-refractivity contribution in [1.29, 1.82) is 0 Å². The fourth-order valence-corrected chi connectivity index (χ4v) is 2.52. The summed E-state index contributed by atoms with van der Waals surface area (Å²) in [5, 5.41) is 3.77. The quantitative estimate of drug-likeness (QED) is 0.246. The van der Waals surface area contributed by atoms with E-state index in [0.717, 1.165) is 21.5 Å². The molecular weight excluding hydrogens is 280 g/mol.